The van der Waals surface area contributed by atoms with Gasteiger partial charge in [-0.25, -0.2) is 0 Å². The highest BCUT2D eigenvalue weighted by molar-refractivity contribution is 7.98. The van der Waals surface area contributed by atoms with Gasteiger partial charge < -0.3 is 9.64 Å². The first-order chi connectivity index (χ1) is 12.6. The molecule has 1 amide bonds. The summed E-state index contributed by atoms with van der Waals surface area (Å²) < 4.78 is 5.49. The predicted octanol–water partition coefficient (Wildman–Crippen LogP) is 4.04. The number of hydrogen-bond donors (Lipinski definition) is 0. The van der Waals surface area contributed by atoms with Crippen LogP contribution in [0.5, 0.6) is 5.75 Å². The molecule has 138 valence electrons. The van der Waals surface area contributed by atoms with Gasteiger partial charge in [-0.15, -0.1) is 11.8 Å². The average molecular weight is 371 g/mol. The first kappa shape index (κ1) is 18.8. The van der Waals surface area contributed by atoms with Crippen molar-refractivity contribution in [2.24, 2.45) is 0 Å². The van der Waals surface area contributed by atoms with Gasteiger partial charge in [0.05, 0.1) is 13.2 Å². The molecule has 0 radical (unpaired) electrons. The summed E-state index contributed by atoms with van der Waals surface area (Å²) in [5, 5.41) is 0. The van der Waals surface area contributed by atoms with Gasteiger partial charge in [-0.1, -0.05) is 24.3 Å². The van der Waals surface area contributed by atoms with Crippen LogP contribution in [0, 0.1) is 0 Å². The zero-order valence-electron chi connectivity index (χ0n) is 15.6. The van der Waals surface area contributed by atoms with Crippen LogP contribution in [0.1, 0.15) is 18.4 Å². The summed E-state index contributed by atoms with van der Waals surface area (Å²) in [7, 11) is 3.73. The highest BCUT2D eigenvalue weighted by atomic mass is 32.2. The quantitative estimate of drug-likeness (QED) is 0.719. The number of benzene rings is 2. The maximum atomic E-state index is 13.0. The largest absolute Gasteiger partial charge is 0.496 e. The van der Waals surface area contributed by atoms with Crippen LogP contribution in [0.4, 0.5) is 5.69 Å². The van der Waals surface area contributed by atoms with Crippen molar-refractivity contribution in [3.8, 4) is 5.75 Å². The lowest BCUT2D eigenvalue weighted by molar-refractivity contribution is -0.125. The predicted molar refractivity (Wildman–Crippen MR) is 108 cm³/mol. The van der Waals surface area contributed by atoms with Gasteiger partial charge in [0, 0.05) is 23.7 Å². The van der Waals surface area contributed by atoms with Gasteiger partial charge >= 0.3 is 0 Å². The minimum atomic E-state index is -0.0878. The Balaban J connectivity index is 1.73. The molecular weight excluding hydrogens is 344 g/mol. The Bertz CT molecular complexity index is 751. The van der Waals surface area contributed by atoms with Crippen LogP contribution in [0.15, 0.2) is 53.4 Å². The normalized spacial score (nSPS) is 17.6. The van der Waals surface area contributed by atoms with Crippen LogP contribution < -0.4 is 9.64 Å². The van der Waals surface area contributed by atoms with E-state index in [0.29, 0.717) is 0 Å². The molecule has 0 aromatic heterocycles. The van der Waals surface area contributed by atoms with Crippen LogP contribution in [0.25, 0.3) is 0 Å². The maximum absolute atomic E-state index is 13.0. The van der Waals surface area contributed by atoms with Crippen molar-refractivity contribution in [2.45, 2.75) is 30.3 Å². The molecule has 1 saturated heterocycles. The summed E-state index contributed by atoms with van der Waals surface area (Å²) in [4.78, 5) is 18.2. The Kier molecular flexibility index (Phi) is 6.22. The molecule has 0 spiro atoms. The average Bonchev–Trinajstić information content (AvgIpc) is 2.68. The van der Waals surface area contributed by atoms with E-state index in [1.807, 2.05) is 48.5 Å². The highest BCUT2D eigenvalue weighted by Gasteiger charge is 2.32. The van der Waals surface area contributed by atoms with Crippen LogP contribution in [-0.4, -0.2) is 43.8 Å². The fourth-order valence-corrected chi connectivity index (χ4v) is 4.05. The van der Waals surface area contributed by atoms with Gasteiger partial charge in [-0.3, -0.25) is 9.69 Å². The van der Waals surface area contributed by atoms with Crippen molar-refractivity contribution in [1.82, 2.24) is 4.90 Å². The lowest BCUT2D eigenvalue weighted by atomic mass is 10.0. The van der Waals surface area contributed by atoms with E-state index in [1.165, 1.54) is 0 Å². The van der Waals surface area contributed by atoms with Crippen molar-refractivity contribution in [3.63, 3.8) is 0 Å². The Hall–Kier alpha value is -1.98. The number of hydrogen-bond acceptors (Lipinski definition) is 4. The number of rotatable bonds is 6. The molecule has 1 fully saturated rings. The van der Waals surface area contributed by atoms with E-state index in [-0.39, 0.29) is 11.9 Å². The number of nitrogens with zero attached hydrogens (tertiary/aromatic N) is 2. The standard InChI is InChI=1S/C21H26N2O2S/c1-22(15-16-11-12-20(26-3)19(14-16)25-2)18-10-7-13-23(21(18)24)17-8-5-4-6-9-17/h4-6,8-9,11-12,14,18H,7,10,13,15H2,1-3H3. The van der Waals surface area contributed by atoms with Crippen LogP contribution in [0.2, 0.25) is 0 Å². The smallest absolute Gasteiger partial charge is 0.244 e. The minimum absolute atomic E-state index is 0.0878. The summed E-state index contributed by atoms with van der Waals surface area (Å²) >= 11 is 1.67. The number of thioether (sulfide) groups is 1. The molecule has 3 rings (SSSR count). The second-order valence-electron chi connectivity index (χ2n) is 6.59. The summed E-state index contributed by atoms with van der Waals surface area (Å²) in [5.74, 6) is 1.09. The number of methoxy groups -OCH3 is 1. The van der Waals surface area contributed by atoms with Crippen molar-refractivity contribution >= 4 is 23.4 Å². The zero-order valence-corrected chi connectivity index (χ0v) is 16.5. The third-order valence-corrected chi connectivity index (χ3v) is 5.67. The highest BCUT2D eigenvalue weighted by Crippen LogP contribution is 2.29. The Morgan fingerprint density at radius 3 is 2.69 bits per heavy atom. The van der Waals surface area contributed by atoms with E-state index >= 15 is 0 Å². The third-order valence-electron chi connectivity index (χ3n) is 4.89. The number of para-hydroxylation sites is 1. The van der Waals surface area contributed by atoms with Gasteiger partial charge in [0.25, 0.3) is 0 Å². The summed E-state index contributed by atoms with van der Waals surface area (Å²) in [6.45, 7) is 1.52. The van der Waals surface area contributed by atoms with Crippen LogP contribution >= 0.6 is 11.8 Å². The number of piperidine rings is 1. The van der Waals surface area contributed by atoms with E-state index in [1.54, 1.807) is 18.9 Å². The molecule has 0 saturated carbocycles. The van der Waals surface area contributed by atoms with Gasteiger partial charge in [-0.05, 0) is 56.0 Å². The molecule has 1 unspecified atom stereocenters. The van der Waals surface area contributed by atoms with E-state index in [0.717, 1.165) is 47.8 Å². The van der Waals surface area contributed by atoms with E-state index in [4.69, 9.17) is 4.74 Å². The lowest BCUT2D eigenvalue weighted by Crippen LogP contribution is -2.51. The first-order valence-corrected chi connectivity index (χ1v) is 10.1. The molecule has 1 heterocycles. The molecule has 26 heavy (non-hydrogen) atoms. The topological polar surface area (TPSA) is 32.8 Å². The van der Waals surface area contributed by atoms with Gasteiger partial charge in [0.1, 0.15) is 5.75 Å². The number of anilines is 1. The van der Waals surface area contributed by atoms with E-state index in [2.05, 4.69) is 23.1 Å². The van der Waals surface area contributed by atoms with Crippen molar-refractivity contribution in [3.05, 3.63) is 54.1 Å². The van der Waals surface area contributed by atoms with E-state index in [9.17, 15) is 4.79 Å². The molecule has 4 nitrogen and oxygen atoms in total. The maximum Gasteiger partial charge on any atom is 0.244 e. The molecule has 2 aromatic carbocycles. The molecular formula is C21H26N2O2S. The lowest BCUT2D eigenvalue weighted by Gasteiger charge is -2.37. The number of amides is 1. The number of likely N-dealkylation sites (N-methyl/N-ethyl adjacent to an activating group) is 1. The fraction of sp³-hybridized carbons (Fsp3) is 0.381. The second-order valence-corrected chi connectivity index (χ2v) is 7.44. The summed E-state index contributed by atoms with van der Waals surface area (Å²) in [5.41, 5.74) is 2.15. The van der Waals surface area contributed by atoms with Crippen molar-refractivity contribution in [1.29, 1.82) is 0 Å². The number of ether oxygens (including phenoxy) is 1. The SMILES string of the molecule is COc1cc(CN(C)C2CCCN(c3ccccc3)C2=O)ccc1SC. The molecule has 1 aliphatic rings. The third kappa shape index (κ3) is 4.05. The molecule has 1 atom stereocenters. The van der Waals surface area contributed by atoms with E-state index < -0.39 is 0 Å². The number of carbonyl (C=O) groups excluding carboxylic acids is 1. The van der Waals surface area contributed by atoms with Gasteiger partial charge in [0.2, 0.25) is 5.91 Å². The van der Waals surface area contributed by atoms with Crippen molar-refractivity contribution in [2.75, 3.05) is 31.9 Å². The Labute approximate surface area is 160 Å². The Morgan fingerprint density at radius 1 is 1.23 bits per heavy atom. The monoisotopic (exact) mass is 370 g/mol. The molecule has 0 aliphatic carbocycles. The van der Waals surface area contributed by atoms with Crippen LogP contribution in [-0.2, 0) is 11.3 Å². The minimum Gasteiger partial charge on any atom is -0.496 e. The molecule has 0 N–H and O–H groups in total. The summed E-state index contributed by atoms with van der Waals surface area (Å²) in [6.07, 6.45) is 3.96. The van der Waals surface area contributed by atoms with Crippen molar-refractivity contribution < 1.29 is 9.53 Å². The molecule has 2 aromatic rings. The second kappa shape index (κ2) is 8.60. The molecule has 5 heteroatoms. The summed E-state index contributed by atoms with van der Waals surface area (Å²) in [6, 6.07) is 16.1. The molecule has 0 bridgehead atoms. The van der Waals surface area contributed by atoms with Gasteiger partial charge in [0.15, 0.2) is 0 Å². The zero-order chi connectivity index (χ0) is 18.5. The molecule has 1 aliphatic heterocycles. The van der Waals surface area contributed by atoms with Crippen LogP contribution in [0.3, 0.4) is 0 Å². The Morgan fingerprint density at radius 2 is 2.00 bits per heavy atom. The fourth-order valence-electron chi connectivity index (χ4n) is 3.51. The first-order valence-electron chi connectivity index (χ1n) is 8.91. The van der Waals surface area contributed by atoms with Gasteiger partial charge in [-0.2, -0.15) is 0 Å². The number of carbonyl (C=O) groups is 1.